The highest BCUT2D eigenvalue weighted by atomic mass is 16.2. The Labute approximate surface area is 279 Å². The van der Waals surface area contributed by atoms with E-state index in [9.17, 15) is 9.59 Å². The maximum atomic E-state index is 13.5. The monoisotopic (exact) mass is 634 g/mol. The van der Waals surface area contributed by atoms with E-state index < -0.39 is 0 Å². The molecular weight excluding hydrogens is 584 g/mol. The molecule has 2 saturated heterocycles. The molecule has 47 heavy (non-hydrogen) atoms. The Morgan fingerprint density at radius 3 is 1.53 bits per heavy atom. The molecule has 2 N–H and O–H groups in total. The number of carbonyl (C=O) groups excluding carboxylic acids is 2. The molecule has 2 fully saturated rings. The number of amides is 2. The van der Waals surface area contributed by atoms with E-state index in [1.165, 1.54) is 0 Å². The molecule has 2 amide bonds. The summed E-state index contributed by atoms with van der Waals surface area (Å²) in [6, 6.07) is 17.0. The fraction of sp³-hybridized carbons (Fsp3) is 0.487. The summed E-state index contributed by atoms with van der Waals surface area (Å²) in [7, 11) is 0. The van der Waals surface area contributed by atoms with Gasteiger partial charge in [0.2, 0.25) is 11.8 Å². The Hall–Kier alpha value is -4.20. The van der Waals surface area contributed by atoms with Crippen LogP contribution in [0.15, 0.2) is 60.9 Å². The van der Waals surface area contributed by atoms with Crippen molar-refractivity contribution in [3.63, 3.8) is 0 Å². The first-order valence-corrected chi connectivity index (χ1v) is 17.3. The number of imidazole rings is 2. The highest BCUT2D eigenvalue weighted by molar-refractivity contribution is 5.84. The smallest absolute Gasteiger partial charge is 0.233 e. The quantitative estimate of drug-likeness (QED) is 0.205. The predicted octanol–water partition coefficient (Wildman–Crippen LogP) is 8.03. The summed E-state index contributed by atoms with van der Waals surface area (Å²) in [5, 5.41) is 0. The van der Waals surface area contributed by atoms with Crippen LogP contribution in [0.3, 0.4) is 0 Å². The number of rotatable bonds is 8. The second kappa shape index (κ2) is 13.1. The number of aromatic nitrogens is 4. The fourth-order valence-electron chi connectivity index (χ4n) is 7.08. The average molecular weight is 635 g/mol. The molecule has 8 nitrogen and oxygen atoms in total. The Bertz CT molecular complexity index is 1670. The Morgan fingerprint density at radius 2 is 1.06 bits per heavy atom. The molecule has 0 aliphatic carbocycles. The lowest BCUT2D eigenvalue weighted by molar-refractivity contribution is -0.134. The Kier molecular flexibility index (Phi) is 9.14. The zero-order chi connectivity index (χ0) is 33.3. The molecule has 0 bridgehead atoms. The van der Waals surface area contributed by atoms with Gasteiger partial charge in [-0.3, -0.25) is 9.59 Å². The van der Waals surface area contributed by atoms with Crippen molar-refractivity contribution in [1.82, 2.24) is 29.7 Å². The number of benzene rings is 2. The van der Waals surface area contributed by atoms with Gasteiger partial charge in [-0.15, -0.1) is 0 Å². The minimum absolute atomic E-state index is 0.0120. The molecule has 2 aliphatic heterocycles. The molecule has 0 spiro atoms. The summed E-state index contributed by atoms with van der Waals surface area (Å²) in [6.07, 6.45) is 8.56. The van der Waals surface area contributed by atoms with E-state index in [1.54, 1.807) is 0 Å². The summed E-state index contributed by atoms with van der Waals surface area (Å²) in [4.78, 5) is 47.0. The number of aromatic amines is 2. The van der Waals surface area contributed by atoms with Gasteiger partial charge < -0.3 is 19.8 Å². The lowest BCUT2D eigenvalue weighted by Crippen LogP contribution is -2.38. The molecule has 0 radical (unpaired) electrons. The highest BCUT2D eigenvalue weighted by Gasteiger charge is 2.38. The van der Waals surface area contributed by atoms with E-state index in [0.29, 0.717) is 6.42 Å². The minimum Gasteiger partial charge on any atom is -0.343 e. The first-order chi connectivity index (χ1) is 22.4. The van der Waals surface area contributed by atoms with Crippen LogP contribution in [0.1, 0.15) is 97.1 Å². The summed E-state index contributed by atoms with van der Waals surface area (Å²) in [5.74, 6) is 1.70. The number of hydrogen-bond acceptors (Lipinski definition) is 4. The number of H-pyrrole nitrogens is 2. The number of nitrogens with one attached hydrogen (secondary N) is 2. The van der Waals surface area contributed by atoms with Crippen molar-refractivity contribution >= 4 is 11.8 Å². The average Bonchev–Trinajstić information content (AvgIpc) is 3.86. The summed E-state index contributed by atoms with van der Waals surface area (Å²) < 4.78 is 0. The van der Waals surface area contributed by atoms with Gasteiger partial charge in [-0.2, -0.15) is 0 Å². The largest absolute Gasteiger partial charge is 0.343 e. The van der Waals surface area contributed by atoms with E-state index in [2.05, 4.69) is 100 Å². The third-order valence-electron chi connectivity index (χ3n) is 9.93. The summed E-state index contributed by atoms with van der Waals surface area (Å²) in [6.45, 7) is 16.3. The van der Waals surface area contributed by atoms with Crippen LogP contribution in [0.2, 0.25) is 0 Å². The van der Waals surface area contributed by atoms with Gasteiger partial charge in [-0.05, 0) is 58.8 Å². The number of hydrogen-bond donors (Lipinski definition) is 2. The number of likely N-dealkylation sites (tertiary alicyclic amines) is 2. The number of carbonyl (C=O) groups is 2. The van der Waals surface area contributed by atoms with Crippen molar-refractivity contribution in [3.8, 4) is 33.6 Å². The molecule has 2 aromatic heterocycles. The second-order valence-electron chi connectivity index (χ2n) is 15.6. The molecule has 248 valence electrons. The van der Waals surface area contributed by atoms with Crippen LogP contribution in [0.4, 0.5) is 0 Å². The zero-order valence-corrected chi connectivity index (χ0v) is 28.9. The van der Waals surface area contributed by atoms with Crippen LogP contribution >= 0.6 is 0 Å². The van der Waals surface area contributed by atoms with Gasteiger partial charge >= 0.3 is 0 Å². The molecule has 6 rings (SSSR count). The SMILES string of the molecule is CC(C)(C)C(CC(=O)N1CCCC1)c1ncc(-c2ccc(-c3ccc(-c4cnc(C(C(=O)N5CCCC5)C(C)(C)C)[nH]4)cc3)cc2)[nH]1. The van der Waals surface area contributed by atoms with Gasteiger partial charge in [-0.25, -0.2) is 9.97 Å². The van der Waals surface area contributed by atoms with Crippen LogP contribution in [0.5, 0.6) is 0 Å². The lowest BCUT2D eigenvalue weighted by atomic mass is 9.78. The maximum Gasteiger partial charge on any atom is 0.233 e. The first kappa shape index (κ1) is 32.7. The molecule has 2 atom stereocenters. The van der Waals surface area contributed by atoms with Gasteiger partial charge in [0.15, 0.2) is 0 Å². The molecule has 2 aromatic carbocycles. The molecular formula is C39H50N6O2. The van der Waals surface area contributed by atoms with Crippen molar-refractivity contribution in [2.24, 2.45) is 10.8 Å². The van der Waals surface area contributed by atoms with Crippen molar-refractivity contribution in [2.75, 3.05) is 26.2 Å². The fourth-order valence-corrected chi connectivity index (χ4v) is 7.08. The van der Waals surface area contributed by atoms with Gasteiger partial charge in [0.25, 0.3) is 0 Å². The topological polar surface area (TPSA) is 98.0 Å². The minimum atomic E-state index is -0.310. The molecule has 8 heteroatoms. The predicted molar refractivity (Wildman–Crippen MR) is 188 cm³/mol. The third-order valence-corrected chi connectivity index (χ3v) is 9.93. The number of nitrogens with zero attached hydrogens (tertiary/aromatic N) is 4. The van der Waals surface area contributed by atoms with Gasteiger partial charge in [0.05, 0.1) is 23.8 Å². The normalized spacial score (nSPS) is 16.9. The zero-order valence-electron chi connectivity index (χ0n) is 28.9. The van der Waals surface area contributed by atoms with Crippen molar-refractivity contribution < 1.29 is 9.59 Å². The van der Waals surface area contributed by atoms with Crippen molar-refractivity contribution in [1.29, 1.82) is 0 Å². The van der Waals surface area contributed by atoms with Gasteiger partial charge in [-0.1, -0.05) is 90.1 Å². The Morgan fingerprint density at radius 1 is 0.638 bits per heavy atom. The maximum absolute atomic E-state index is 13.5. The van der Waals surface area contributed by atoms with E-state index in [4.69, 9.17) is 9.97 Å². The molecule has 0 saturated carbocycles. The van der Waals surface area contributed by atoms with Gasteiger partial charge in [0, 0.05) is 38.5 Å². The van der Waals surface area contributed by atoms with E-state index in [-0.39, 0.29) is 34.5 Å². The van der Waals surface area contributed by atoms with Crippen molar-refractivity contribution in [2.45, 2.75) is 85.5 Å². The summed E-state index contributed by atoms with van der Waals surface area (Å²) >= 11 is 0. The second-order valence-corrected chi connectivity index (χ2v) is 15.6. The Balaban J connectivity index is 1.15. The standard InChI is InChI=1S/C39H50N6O2/c1-38(2,3)30(23-33(46)44-19-7-8-20-44)35-40-24-31(42-35)28-15-11-26(12-16-28)27-13-17-29(18-14-27)32-25-41-36(43-32)34(39(4,5)6)37(47)45-21-9-10-22-45/h11-18,24-25,30,34H,7-10,19-23H2,1-6H3,(H,40,42)(H,41,43). The molecule has 2 unspecified atom stereocenters. The van der Waals surface area contributed by atoms with E-state index >= 15 is 0 Å². The summed E-state index contributed by atoms with van der Waals surface area (Å²) in [5.41, 5.74) is 5.86. The van der Waals surface area contributed by atoms with Crippen molar-refractivity contribution in [3.05, 3.63) is 72.6 Å². The lowest BCUT2D eigenvalue weighted by Gasteiger charge is -2.31. The van der Waals surface area contributed by atoms with Crippen LogP contribution in [-0.2, 0) is 9.59 Å². The highest BCUT2D eigenvalue weighted by Crippen LogP contribution is 2.39. The molecule has 4 aromatic rings. The van der Waals surface area contributed by atoms with E-state index in [1.807, 2.05) is 22.2 Å². The first-order valence-electron chi connectivity index (χ1n) is 17.3. The van der Waals surface area contributed by atoms with E-state index in [0.717, 1.165) is 97.2 Å². The van der Waals surface area contributed by atoms with Crippen LogP contribution in [-0.4, -0.2) is 67.7 Å². The third kappa shape index (κ3) is 7.21. The van der Waals surface area contributed by atoms with Gasteiger partial charge in [0.1, 0.15) is 17.6 Å². The van der Waals surface area contributed by atoms with Crippen LogP contribution in [0.25, 0.3) is 33.6 Å². The molecule has 2 aliphatic rings. The molecule has 4 heterocycles. The van der Waals surface area contributed by atoms with Crippen LogP contribution < -0.4 is 0 Å². The van der Waals surface area contributed by atoms with Crippen LogP contribution in [0, 0.1) is 10.8 Å².